The van der Waals surface area contributed by atoms with Gasteiger partial charge in [0.2, 0.25) is 5.78 Å². The van der Waals surface area contributed by atoms with E-state index in [9.17, 15) is 18.0 Å². The number of hydrogen-bond donors (Lipinski definition) is 1. The topological polar surface area (TPSA) is 102 Å². The van der Waals surface area contributed by atoms with Crippen molar-refractivity contribution in [1.82, 2.24) is 4.72 Å². The first-order chi connectivity index (χ1) is 12.3. The highest BCUT2D eigenvalue weighted by atomic mass is 32.2. The molecule has 3 rings (SSSR count). The number of esters is 1. The fourth-order valence-electron chi connectivity index (χ4n) is 2.57. The summed E-state index contributed by atoms with van der Waals surface area (Å²) in [5.74, 6) is -0.896. The predicted molar refractivity (Wildman–Crippen MR) is 97.3 cm³/mol. The molecular weight excluding hydrogens is 376 g/mol. The van der Waals surface area contributed by atoms with E-state index < -0.39 is 16.0 Å². The first-order valence-corrected chi connectivity index (χ1v) is 10.0. The number of aryl methyl sites for hydroxylation is 2. The first kappa shape index (κ1) is 18.3. The summed E-state index contributed by atoms with van der Waals surface area (Å²) in [5, 5.41) is 0. The Balaban J connectivity index is 1.62. The van der Waals surface area contributed by atoms with Gasteiger partial charge in [0.25, 0.3) is 10.0 Å². The third-order valence-electron chi connectivity index (χ3n) is 3.73. The van der Waals surface area contributed by atoms with Crippen LogP contribution in [0, 0.1) is 13.8 Å². The molecule has 0 spiro atoms. The number of nitrogens with one attached hydrogen (secondary N) is 1. The van der Waals surface area contributed by atoms with E-state index in [1.54, 1.807) is 24.3 Å². The van der Waals surface area contributed by atoms with E-state index in [0.29, 0.717) is 11.1 Å². The van der Waals surface area contributed by atoms with Crippen LogP contribution in [0.3, 0.4) is 0 Å². The third-order valence-corrected chi connectivity index (χ3v) is 6.10. The predicted octanol–water partition coefficient (Wildman–Crippen LogP) is 1.83. The van der Waals surface area contributed by atoms with Gasteiger partial charge in [-0.05, 0) is 32.0 Å². The van der Waals surface area contributed by atoms with Crippen LogP contribution in [0.4, 0.5) is 0 Å². The zero-order valence-electron chi connectivity index (χ0n) is 14.1. The summed E-state index contributed by atoms with van der Waals surface area (Å²) in [7, 11) is -3.65. The number of benzene rings is 1. The van der Waals surface area contributed by atoms with Crippen molar-refractivity contribution in [3.8, 4) is 0 Å². The number of carbonyl (C=O) groups excluding carboxylic acids is 2. The van der Waals surface area contributed by atoms with Crippen molar-refractivity contribution < 1.29 is 22.7 Å². The SMILES string of the molecule is Cc1cc(C(=O)COC(=O)CN=C2NS(=O)(=O)c3ccccc32)c(C)s1. The van der Waals surface area contributed by atoms with Crippen LogP contribution in [-0.2, 0) is 19.6 Å². The first-order valence-electron chi connectivity index (χ1n) is 7.70. The Morgan fingerprint density at radius 3 is 2.65 bits per heavy atom. The summed E-state index contributed by atoms with van der Waals surface area (Å²) in [5.41, 5.74) is 0.949. The molecule has 0 bridgehead atoms. The second kappa shape index (κ2) is 7.00. The molecule has 0 amide bonds. The number of Topliss-reactive ketones (excluding diaryl/α,β-unsaturated/α-hetero) is 1. The van der Waals surface area contributed by atoms with Crippen LogP contribution in [0.5, 0.6) is 0 Å². The Kier molecular flexibility index (Phi) is 4.92. The molecule has 0 radical (unpaired) electrons. The Morgan fingerprint density at radius 1 is 1.23 bits per heavy atom. The number of sulfonamides is 1. The molecule has 0 fully saturated rings. The normalized spacial score (nSPS) is 16.2. The molecule has 7 nitrogen and oxygen atoms in total. The molecule has 0 saturated carbocycles. The van der Waals surface area contributed by atoms with E-state index in [-0.39, 0.29) is 29.7 Å². The molecule has 0 unspecified atom stereocenters. The largest absolute Gasteiger partial charge is 0.456 e. The maximum absolute atomic E-state index is 12.1. The lowest BCUT2D eigenvalue weighted by Gasteiger charge is -2.03. The third kappa shape index (κ3) is 3.68. The molecule has 1 aliphatic heterocycles. The summed E-state index contributed by atoms with van der Waals surface area (Å²) in [4.78, 5) is 29.9. The van der Waals surface area contributed by atoms with E-state index in [0.717, 1.165) is 9.75 Å². The van der Waals surface area contributed by atoms with Crippen molar-refractivity contribution in [2.75, 3.05) is 13.2 Å². The number of aliphatic imine (C=N–C) groups is 1. The number of nitrogens with zero attached hydrogens (tertiary/aromatic N) is 1. The van der Waals surface area contributed by atoms with Gasteiger partial charge in [0.05, 0.1) is 4.90 Å². The van der Waals surface area contributed by atoms with Gasteiger partial charge in [-0.3, -0.25) is 19.3 Å². The lowest BCUT2D eigenvalue weighted by Crippen LogP contribution is -2.24. The molecular formula is C17H16N2O5S2. The fourth-order valence-corrected chi connectivity index (χ4v) is 4.77. The van der Waals surface area contributed by atoms with E-state index in [2.05, 4.69) is 9.71 Å². The zero-order valence-corrected chi connectivity index (χ0v) is 15.7. The number of fused-ring (bicyclic) bond motifs is 1. The Bertz CT molecular complexity index is 1020. The number of ketones is 1. The number of ether oxygens (including phenoxy) is 1. The van der Waals surface area contributed by atoms with Crippen LogP contribution in [0.2, 0.25) is 0 Å². The number of amidine groups is 1. The standard InChI is InChI=1S/C17H16N2O5S2/c1-10-7-13(11(2)25-10)14(20)9-24-16(21)8-18-17-12-5-3-4-6-15(12)26(22,23)19-17/h3-7H,8-9H2,1-2H3,(H,18,19). The molecule has 1 aliphatic rings. The number of rotatable bonds is 5. The van der Waals surface area contributed by atoms with Gasteiger partial charge in [-0.1, -0.05) is 12.1 Å². The maximum Gasteiger partial charge on any atom is 0.328 e. The second-order valence-corrected chi connectivity index (χ2v) is 8.79. The number of carbonyl (C=O) groups is 2. The lowest BCUT2D eigenvalue weighted by molar-refractivity contribution is -0.140. The van der Waals surface area contributed by atoms with Gasteiger partial charge in [0, 0.05) is 20.9 Å². The van der Waals surface area contributed by atoms with Gasteiger partial charge in [0.15, 0.2) is 6.61 Å². The van der Waals surface area contributed by atoms with Gasteiger partial charge in [-0.25, -0.2) is 8.42 Å². The van der Waals surface area contributed by atoms with Gasteiger partial charge >= 0.3 is 5.97 Å². The molecule has 0 aliphatic carbocycles. The van der Waals surface area contributed by atoms with Crippen LogP contribution in [0.1, 0.15) is 25.7 Å². The fraction of sp³-hybridized carbons (Fsp3) is 0.235. The van der Waals surface area contributed by atoms with Gasteiger partial charge in [0.1, 0.15) is 12.4 Å². The molecule has 0 atom stereocenters. The van der Waals surface area contributed by atoms with E-state index in [4.69, 9.17) is 4.74 Å². The minimum absolute atomic E-state index is 0.0909. The van der Waals surface area contributed by atoms with Crippen molar-refractivity contribution in [3.05, 3.63) is 51.2 Å². The maximum atomic E-state index is 12.1. The highest BCUT2D eigenvalue weighted by molar-refractivity contribution is 7.90. The van der Waals surface area contributed by atoms with Gasteiger partial charge in [-0.15, -0.1) is 11.3 Å². The molecule has 2 heterocycles. The average Bonchev–Trinajstić information content (AvgIpc) is 3.07. The molecule has 0 saturated heterocycles. The van der Waals surface area contributed by atoms with E-state index >= 15 is 0 Å². The summed E-state index contributed by atoms with van der Waals surface area (Å²) >= 11 is 1.50. The summed E-state index contributed by atoms with van der Waals surface area (Å²) in [6, 6.07) is 8.11. The van der Waals surface area contributed by atoms with Gasteiger partial charge < -0.3 is 4.74 Å². The quantitative estimate of drug-likeness (QED) is 0.618. The minimum Gasteiger partial charge on any atom is -0.456 e. The molecule has 1 N–H and O–H groups in total. The monoisotopic (exact) mass is 392 g/mol. The van der Waals surface area contributed by atoms with Crippen LogP contribution >= 0.6 is 11.3 Å². The molecule has 1 aromatic heterocycles. The summed E-state index contributed by atoms with van der Waals surface area (Å²) in [6.07, 6.45) is 0. The molecule has 136 valence electrons. The van der Waals surface area contributed by atoms with Crippen molar-refractivity contribution >= 4 is 38.9 Å². The van der Waals surface area contributed by atoms with Crippen molar-refractivity contribution in [2.24, 2.45) is 4.99 Å². The van der Waals surface area contributed by atoms with Crippen molar-refractivity contribution in [2.45, 2.75) is 18.7 Å². The molecule has 1 aromatic carbocycles. The summed E-state index contributed by atoms with van der Waals surface area (Å²) in [6.45, 7) is 2.98. The summed E-state index contributed by atoms with van der Waals surface area (Å²) < 4.78 is 31.2. The van der Waals surface area contributed by atoms with Crippen LogP contribution < -0.4 is 4.72 Å². The van der Waals surface area contributed by atoms with Crippen LogP contribution in [-0.4, -0.2) is 39.2 Å². The van der Waals surface area contributed by atoms with Gasteiger partial charge in [-0.2, -0.15) is 0 Å². The zero-order chi connectivity index (χ0) is 18.9. The van der Waals surface area contributed by atoms with Crippen molar-refractivity contribution in [3.63, 3.8) is 0 Å². The Morgan fingerprint density at radius 2 is 1.96 bits per heavy atom. The number of hydrogen-bond acceptors (Lipinski definition) is 7. The minimum atomic E-state index is -3.65. The molecule has 2 aromatic rings. The highest BCUT2D eigenvalue weighted by Crippen LogP contribution is 2.22. The van der Waals surface area contributed by atoms with E-state index in [1.165, 1.54) is 17.4 Å². The Labute approximate surface area is 154 Å². The molecule has 26 heavy (non-hydrogen) atoms. The highest BCUT2D eigenvalue weighted by Gasteiger charge is 2.30. The Hall–Kier alpha value is -2.52. The van der Waals surface area contributed by atoms with Crippen LogP contribution in [0.15, 0.2) is 40.2 Å². The van der Waals surface area contributed by atoms with E-state index in [1.807, 2.05) is 13.8 Å². The molecule has 9 heteroatoms. The smallest absolute Gasteiger partial charge is 0.328 e. The lowest BCUT2D eigenvalue weighted by atomic mass is 10.2. The average molecular weight is 392 g/mol. The van der Waals surface area contributed by atoms with Crippen molar-refractivity contribution in [1.29, 1.82) is 0 Å². The number of thiophene rings is 1. The van der Waals surface area contributed by atoms with Crippen LogP contribution in [0.25, 0.3) is 0 Å². The second-order valence-electron chi connectivity index (χ2n) is 5.68.